The molecular formula is C23H24FN5O6. The number of amides is 1. The number of fused-ring (bicyclic) bond motifs is 2. The molecule has 0 saturated carbocycles. The maximum atomic E-state index is 14.6. The second-order valence-electron chi connectivity index (χ2n) is 8.20. The van der Waals surface area contributed by atoms with Crippen LogP contribution in [0.25, 0.3) is 11.0 Å². The molecule has 1 amide bonds. The van der Waals surface area contributed by atoms with Crippen LogP contribution in [0.4, 0.5) is 10.1 Å². The molecule has 5 heterocycles. The zero-order chi connectivity index (χ0) is 24.4. The lowest BCUT2D eigenvalue weighted by atomic mass is 10.1. The third-order valence-corrected chi connectivity index (χ3v) is 5.73. The fraction of sp³-hybridized carbons (Fsp3) is 0.391. The number of rotatable bonds is 7. The number of carbonyl (C=O) groups excluding carboxylic acids is 1. The van der Waals surface area contributed by atoms with Crippen molar-refractivity contribution in [2.24, 2.45) is 0 Å². The van der Waals surface area contributed by atoms with Crippen LogP contribution in [0.5, 0.6) is 11.6 Å². The molecule has 0 spiro atoms. The summed E-state index contributed by atoms with van der Waals surface area (Å²) in [6.07, 6.45) is 0.567. The van der Waals surface area contributed by atoms with Crippen molar-refractivity contribution < 1.29 is 33.2 Å². The topological polar surface area (TPSA) is 137 Å². The van der Waals surface area contributed by atoms with Crippen LogP contribution >= 0.6 is 0 Å². The van der Waals surface area contributed by atoms with E-state index < -0.39 is 18.2 Å². The second kappa shape index (κ2) is 10.0. The third-order valence-electron chi connectivity index (χ3n) is 5.73. The van der Waals surface area contributed by atoms with Crippen LogP contribution in [0, 0.1) is 5.82 Å². The van der Waals surface area contributed by atoms with Gasteiger partial charge in [0, 0.05) is 24.6 Å². The number of nitrogens with zero attached hydrogens (tertiary/aromatic N) is 3. The summed E-state index contributed by atoms with van der Waals surface area (Å²) in [5, 5.41) is 16.7. The fourth-order valence-electron chi connectivity index (χ4n) is 3.92. The number of aliphatic hydroxyl groups is 1. The molecule has 184 valence electrons. The maximum absolute atomic E-state index is 14.6. The van der Waals surface area contributed by atoms with Crippen LogP contribution in [0.15, 0.2) is 30.6 Å². The van der Waals surface area contributed by atoms with Crippen molar-refractivity contribution in [1.29, 1.82) is 0 Å². The molecular weight excluding hydrogens is 461 g/mol. The summed E-state index contributed by atoms with van der Waals surface area (Å²) >= 11 is 0. The number of hydrogen-bond donors (Lipinski definition) is 3. The molecule has 2 aliphatic heterocycles. The number of ether oxygens (including phenoxy) is 4. The number of carbonyl (C=O) groups is 1. The first-order chi connectivity index (χ1) is 17.0. The summed E-state index contributed by atoms with van der Waals surface area (Å²) in [5.74, 6) is 0.0623. The van der Waals surface area contributed by atoms with E-state index in [1.165, 1.54) is 7.11 Å². The Labute approximate surface area is 199 Å². The van der Waals surface area contributed by atoms with Crippen LogP contribution < -0.4 is 20.1 Å². The van der Waals surface area contributed by atoms with Gasteiger partial charge in [0.2, 0.25) is 5.88 Å². The largest absolute Gasteiger partial charge is 0.481 e. The summed E-state index contributed by atoms with van der Waals surface area (Å²) in [7, 11) is 1.47. The molecule has 2 aliphatic rings. The third kappa shape index (κ3) is 5.15. The van der Waals surface area contributed by atoms with E-state index >= 15 is 0 Å². The van der Waals surface area contributed by atoms with Crippen LogP contribution in [0.2, 0.25) is 0 Å². The molecule has 3 aromatic heterocycles. The molecule has 0 unspecified atom stereocenters. The van der Waals surface area contributed by atoms with Crippen molar-refractivity contribution in [2.75, 3.05) is 32.2 Å². The van der Waals surface area contributed by atoms with Gasteiger partial charge in [-0.05, 0) is 12.1 Å². The fourth-order valence-corrected chi connectivity index (χ4v) is 3.92. The van der Waals surface area contributed by atoms with E-state index in [0.29, 0.717) is 40.6 Å². The highest BCUT2D eigenvalue weighted by atomic mass is 19.1. The van der Waals surface area contributed by atoms with E-state index in [2.05, 4.69) is 25.6 Å². The van der Waals surface area contributed by atoms with Crippen LogP contribution in [-0.4, -0.2) is 71.3 Å². The zero-order valence-electron chi connectivity index (χ0n) is 18.9. The quantitative estimate of drug-likeness (QED) is 0.443. The van der Waals surface area contributed by atoms with Crippen molar-refractivity contribution in [3.63, 3.8) is 0 Å². The SMILES string of the molecule is COc1ccc2ncc(F)c(C[C@H](O)C3OCC(NCc4cc5c(cn4)OCC(=O)N5)CO3)c2n1. The number of aliphatic hydroxyl groups excluding tert-OH is 1. The molecule has 1 atom stereocenters. The first-order valence-electron chi connectivity index (χ1n) is 11.0. The van der Waals surface area contributed by atoms with E-state index in [0.717, 1.165) is 6.20 Å². The average Bonchev–Trinajstić information content (AvgIpc) is 2.88. The smallest absolute Gasteiger partial charge is 0.262 e. The summed E-state index contributed by atoms with van der Waals surface area (Å²) in [4.78, 5) is 24.1. The number of hydrogen-bond acceptors (Lipinski definition) is 10. The highest BCUT2D eigenvalue weighted by Crippen LogP contribution is 2.27. The number of aromatic nitrogens is 3. The van der Waals surface area contributed by atoms with Gasteiger partial charge in [0.25, 0.3) is 5.91 Å². The average molecular weight is 485 g/mol. The number of methoxy groups -OCH3 is 1. The zero-order valence-corrected chi connectivity index (χ0v) is 18.9. The Bertz CT molecular complexity index is 1240. The predicted octanol–water partition coefficient (Wildman–Crippen LogP) is 0.938. The van der Waals surface area contributed by atoms with Crippen molar-refractivity contribution >= 4 is 22.6 Å². The van der Waals surface area contributed by atoms with Gasteiger partial charge in [-0.15, -0.1) is 0 Å². The Balaban J connectivity index is 1.16. The molecule has 0 aliphatic carbocycles. The van der Waals surface area contributed by atoms with Gasteiger partial charge in [0.15, 0.2) is 18.6 Å². The Morgan fingerprint density at radius 3 is 2.91 bits per heavy atom. The Hall–Kier alpha value is -3.45. The maximum Gasteiger partial charge on any atom is 0.262 e. The van der Waals surface area contributed by atoms with Crippen LogP contribution in [0.1, 0.15) is 11.3 Å². The van der Waals surface area contributed by atoms with E-state index in [4.69, 9.17) is 18.9 Å². The lowest BCUT2D eigenvalue weighted by molar-refractivity contribution is -0.230. The summed E-state index contributed by atoms with van der Waals surface area (Å²) in [5.41, 5.74) is 2.31. The summed E-state index contributed by atoms with van der Waals surface area (Å²) < 4.78 is 36.4. The number of anilines is 1. The predicted molar refractivity (Wildman–Crippen MR) is 120 cm³/mol. The molecule has 35 heavy (non-hydrogen) atoms. The summed E-state index contributed by atoms with van der Waals surface area (Å²) in [6, 6.07) is 4.91. The molecule has 0 radical (unpaired) electrons. The lowest BCUT2D eigenvalue weighted by Gasteiger charge is -2.32. The van der Waals surface area contributed by atoms with Gasteiger partial charge in [-0.1, -0.05) is 0 Å². The molecule has 3 aromatic rings. The van der Waals surface area contributed by atoms with E-state index in [1.807, 2.05) is 0 Å². The highest BCUT2D eigenvalue weighted by Gasteiger charge is 2.30. The molecule has 0 bridgehead atoms. The van der Waals surface area contributed by atoms with Crippen LogP contribution in [0.3, 0.4) is 0 Å². The van der Waals surface area contributed by atoms with Gasteiger partial charge in [-0.2, -0.15) is 0 Å². The van der Waals surface area contributed by atoms with E-state index in [9.17, 15) is 14.3 Å². The normalized spacial score (nSPS) is 20.6. The molecule has 5 rings (SSSR count). The van der Waals surface area contributed by atoms with E-state index in [-0.39, 0.29) is 43.8 Å². The van der Waals surface area contributed by atoms with Crippen molar-refractivity contribution in [3.05, 3.63) is 47.7 Å². The molecule has 1 saturated heterocycles. The molecule has 3 N–H and O–H groups in total. The monoisotopic (exact) mass is 485 g/mol. The van der Waals surface area contributed by atoms with Gasteiger partial charge in [0.05, 0.1) is 61.2 Å². The van der Waals surface area contributed by atoms with Gasteiger partial charge in [0.1, 0.15) is 11.9 Å². The van der Waals surface area contributed by atoms with Crippen molar-refractivity contribution in [3.8, 4) is 11.6 Å². The Kier molecular flexibility index (Phi) is 6.68. The van der Waals surface area contributed by atoms with Gasteiger partial charge < -0.3 is 34.7 Å². The minimum absolute atomic E-state index is 0.0230. The van der Waals surface area contributed by atoms with Gasteiger partial charge in [-0.25, -0.2) is 9.37 Å². The Morgan fingerprint density at radius 2 is 2.11 bits per heavy atom. The molecule has 11 nitrogen and oxygen atoms in total. The minimum atomic E-state index is -1.12. The Morgan fingerprint density at radius 1 is 1.29 bits per heavy atom. The van der Waals surface area contributed by atoms with Crippen LogP contribution in [-0.2, 0) is 27.2 Å². The lowest BCUT2D eigenvalue weighted by Crippen LogP contribution is -2.48. The molecule has 1 fully saturated rings. The standard InChI is InChI=1S/C23H24FN5O6/c1-32-21-3-2-16-22(29-21)14(15(24)7-27-16)5-18(30)23-34-9-13(10-35-23)25-6-12-4-17-19(8-26-12)33-11-20(31)28-17/h2-4,7-8,13,18,23,25,30H,5-6,9-11H2,1H3,(H,28,31)/t13?,18-,23?/m0/s1. The molecule has 12 heteroatoms. The van der Waals surface area contributed by atoms with Crippen molar-refractivity contribution in [1.82, 2.24) is 20.3 Å². The first-order valence-corrected chi connectivity index (χ1v) is 11.0. The van der Waals surface area contributed by atoms with Gasteiger partial charge >= 0.3 is 0 Å². The summed E-state index contributed by atoms with van der Waals surface area (Å²) in [6.45, 7) is 0.941. The minimum Gasteiger partial charge on any atom is -0.481 e. The number of pyridine rings is 3. The number of halogens is 1. The van der Waals surface area contributed by atoms with E-state index in [1.54, 1.807) is 24.4 Å². The first kappa shape index (κ1) is 23.3. The second-order valence-corrected chi connectivity index (χ2v) is 8.20. The number of nitrogens with one attached hydrogen (secondary N) is 2. The highest BCUT2D eigenvalue weighted by molar-refractivity contribution is 5.95. The van der Waals surface area contributed by atoms with Crippen molar-refractivity contribution in [2.45, 2.75) is 31.4 Å². The van der Waals surface area contributed by atoms with Gasteiger partial charge in [-0.3, -0.25) is 14.8 Å². The molecule has 0 aromatic carbocycles.